The molecule has 0 radical (unpaired) electrons. The van der Waals surface area contributed by atoms with Gasteiger partial charge in [0.15, 0.2) is 5.82 Å². The molecule has 0 fully saturated rings. The average molecular weight is 407 g/mol. The Morgan fingerprint density at radius 1 is 0.867 bits per heavy atom. The smallest absolute Gasteiger partial charge is 0.305 e. The minimum absolute atomic E-state index is 0.0590. The Morgan fingerprint density at radius 2 is 1.57 bits per heavy atom. The molecule has 0 saturated carbocycles. The van der Waals surface area contributed by atoms with Crippen molar-refractivity contribution in [1.29, 1.82) is 0 Å². The highest BCUT2D eigenvalue weighted by atomic mass is 19.4. The van der Waals surface area contributed by atoms with Gasteiger partial charge in [-0.3, -0.25) is 4.79 Å². The number of nitrogens with one attached hydrogen (secondary N) is 1. The van der Waals surface area contributed by atoms with Crippen LogP contribution in [0.25, 0.3) is 22.2 Å². The van der Waals surface area contributed by atoms with Crippen LogP contribution in [0.1, 0.15) is 21.6 Å². The highest BCUT2D eigenvalue weighted by Gasteiger charge is 2.33. The zero-order valence-corrected chi connectivity index (χ0v) is 15.9. The summed E-state index contributed by atoms with van der Waals surface area (Å²) in [5.74, 6) is -0.298. The van der Waals surface area contributed by atoms with E-state index >= 15 is 0 Å². The van der Waals surface area contributed by atoms with Crippen LogP contribution in [-0.4, -0.2) is 15.9 Å². The van der Waals surface area contributed by atoms with Crippen LogP contribution in [0.4, 0.5) is 19.0 Å². The molecule has 0 aliphatic rings. The fourth-order valence-electron chi connectivity index (χ4n) is 3.16. The summed E-state index contributed by atoms with van der Waals surface area (Å²) in [6.45, 7) is 1.51. The lowest BCUT2D eigenvalue weighted by Crippen LogP contribution is -2.15. The molecule has 0 aliphatic carbocycles. The van der Waals surface area contributed by atoms with E-state index in [9.17, 15) is 18.0 Å². The first-order valence-electron chi connectivity index (χ1n) is 9.14. The monoisotopic (exact) mass is 407 g/mol. The largest absolute Gasteiger partial charge is 0.418 e. The van der Waals surface area contributed by atoms with Gasteiger partial charge in [-0.2, -0.15) is 13.2 Å². The normalized spacial score (nSPS) is 11.5. The number of benzene rings is 3. The predicted molar refractivity (Wildman–Crippen MR) is 109 cm³/mol. The third-order valence-electron chi connectivity index (χ3n) is 4.64. The first-order chi connectivity index (χ1) is 14.3. The molecule has 7 heteroatoms. The Morgan fingerprint density at radius 3 is 2.30 bits per heavy atom. The lowest BCUT2D eigenvalue weighted by atomic mass is 10.0. The maximum absolute atomic E-state index is 13.2. The van der Waals surface area contributed by atoms with Crippen molar-refractivity contribution < 1.29 is 18.0 Å². The van der Waals surface area contributed by atoms with Crippen LogP contribution in [0, 0.1) is 6.92 Å². The number of aromatic nitrogens is 2. The van der Waals surface area contributed by atoms with Crippen LogP contribution in [0.2, 0.25) is 0 Å². The van der Waals surface area contributed by atoms with E-state index in [1.165, 1.54) is 19.1 Å². The van der Waals surface area contributed by atoms with Crippen molar-refractivity contribution in [3.8, 4) is 11.1 Å². The number of hydrogen-bond donors (Lipinski definition) is 1. The fraction of sp³-hybridized carbons (Fsp3) is 0.0870. The van der Waals surface area contributed by atoms with Crippen LogP contribution in [0.15, 0.2) is 72.8 Å². The number of halogens is 3. The molecule has 4 aromatic rings. The van der Waals surface area contributed by atoms with E-state index < -0.39 is 17.6 Å². The summed E-state index contributed by atoms with van der Waals surface area (Å²) in [5, 5.41) is 2.66. The standard InChI is InChI=1S/C23H16F3N3O/c1-14-21(28-19-12-6-11-18(20(19)27-14)23(24,25)26)29-22(30)17-10-5-9-16(13-17)15-7-3-2-4-8-15/h2-13H,1H3,(H,28,29,30). The molecule has 1 amide bonds. The maximum atomic E-state index is 13.2. The first kappa shape index (κ1) is 19.6. The lowest BCUT2D eigenvalue weighted by Gasteiger charge is -2.12. The van der Waals surface area contributed by atoms with E-state index in [-0.39, 0.29) is 22.5 Å². The van der Waals surface area contributed by atoms with Crippen molar-refractivity contribution in [1.82, 2.24) is 9.97 Å². The van der Waals surface area contributed by atoms with Crippen molar-refractivity contribution in [2.75, 3.05) is 5.32 Å². The summed E-state index contributed by atoms with van der Waals surface area (Å²) in [6, 6.07) is 20.3. The fourth-order valence-corrected chi connectivity index (χ4v) is 3.16. The SMILES string of the molecule is Cc1nc2c(C(F)(F)F)cccc2nc1NC(=O)c1cccc(-c2ccccc2)c1. The quantitative estimate of drug-likeness (QED) is 0.462. The number of rotatable bonds is 3. The van der Waals surface area contributed by atoms with Crippen LogP contribution < -0.4 is 5.32 Å². The molecule has 0 unspecified atom stereocenters. The Labute approximate surface area is 170 Å². The van der Waals surface area contributed by atoms with E-state index in [1.807, 2.05) is 36.4 Å². The van der Waals surface area contributed by atoms with Crippen molar-refractivity contribution in [2.45, 2.75) is 13.1 Å². The molecule has 0 aliphatic heterocycles. The summed E-state index contributed by atoms with van der Waals surface area (Å²) >= 11 is 0. The first-order valence-corrected chi connectivity index (χ1v) is 9.14. The summed E-state index contributed by atoms with van der Waals surface area (Å²) in [7, 11) is 0. The second-order valence-corrected chi connectivity index (χ2v) is 6.73. The molecule has 150 valence electrons. The number of fused-ring (bicyclic) bond motifs is 1. The van der Waals surface area contributed by atoms with Gasteiger partial charge in [-0.25, -0.2) is 9.97 Å². The Bertz CT molecular complexity index is 1240. The highest BCUT2D eigenvalue weighted by Crippen LogP contribution is 2.34. The molecular weight excluding hydrogens is 391 g/mol. The van der Waals surface area contributed by atoms with Gasteiger partial charge in [0.05, 0.1) is 16.8 Å². The van der Waals surface area contributed by atoms with Crippen molar-refractivity contribution in [3.05, 3.63) is 89.6 Å². The zero-order chi connectivity index (χ0) is 21.3. The number of aryl methyl sites for hydroxylation is 1. The van der Waals surface area contributed by atoms with Gasteiger partial charge in [0.1, 0.15) is 5.52 Å². The topological polar surface area (TPSA) is 54.9 Å². The van der Waals surface area contributed by atoms with Gasteiger partial charge < -0.3 is 5.32 Å². The van der Waals surface area contributed by atoms with E-state index in [4.69, 9.17) is 0 Å². The van der Waals surface area contributed by atoms with E-state index in [2.05, 4.69) is 15.3 Å². The van der Waals surface area contributed by atoms with Crippen LogP contribution in [0.3, 0.4) is 0 Å². The highest BCUT2D eigenvalue weighted by molar-refractivity contribution is 6.05. The number of para-hydroxylation sites is 1. The second-order valence-electron chi connectivity index (χ2n) is 6.73. The molecule has 1 N–H and O–H groups in total. The number of carbonyl (C=O) groups is 1. The van der Waals surface area contributed by atoms with E-state index in [0.29, 0.717) is 5.56 Å². The number of amides is 1. The van der Waals surface area contributed by atoms with Gasteiger partial charge >= 0.3 is 6.18 Å². The minimum Gasteiger partial charge on any atom is -0.305 e. The summed E-state index contributed by atoms with van der Waals surface area (Å²) in [4.78, 5) is 21.0. The van der Waals surface area contributed by atoms with Gasteiger partial charge in [-0.15, -0.1) is 0 Å². The third-order valence-corrected chi connectivity index (χ3v) is 4.64. The second kappa shape index (κ2) is 7.59. The minimum atomic E-state index is -4.54. The Balaban J connectivity index is 1.66. The van der Waals surface area contributed by atoms with Gasteiger partial charge in [0, 0.05) is 5.56 Å². The molecule has 3 aromatic carbocycles. The lowest BCUT2D eigenvalue weighted by molar-refractivity contribution is -0.136. The van der Waals surface area contributed by atoms with Crippen LogP contribution in [0.5, 0.6) is 0 Å². The maximum Gasteiger partial charge on any atom is 0.418 e. The molecule has 4 rings (SSSR count). The molecule has 0 atom stereocenters. The number of carbonyl (C=O) groups excluding carboxylic acids is 1. The van der Waals surface area contributed by atoms with Gasteiger partial charge in [-0.1, -0.05) is 48.5 Å². The number of hydrogen-bond acceptors (Lipinski definition) is 3. The third kappa shape index (κ3) is 3.87. The van der Waals surface area contributed by atoms with Gasteiger partial charge in [0.2, 0.25) is 0 Å². The molecule has 0 saturated heterocycles. The van der Waals surface area contributed by atoms with E-state index in [1.54, 1.807) is 18.2 Å². The zero-order valence-electron chi connectivity index (χ0n) is 15.9. The van der Waals surface area contributed by atoms with Crippen molar-refractivity contribution in [2.24, 2.45) is 0 Å². The number of anilines is 1. The summed E-state index contributed by atoms with van der Waals surface area (Å²) in [6.07, 6.45) is -4.54. The van der Waals surface area contributed by atoms with Crippen LogP contribution in [-0.2, 0) is 6.18 Å². The number of nitrogens with zero attached hydrogens (tertiary/aromatic N) is 2. The van der Waals surface area contributed by atoms with Crippen molar-refractivity contribution >= 4 is 22.8 Å². The molecule has 0 bridgehead atoms. The van der Waals surface area contributed by atoms with Gasteiger partial charge in [0.25, 0.3) is 5.91 Å². The predicted octanol–water partition coefficient (Wildman–Crippen LogP) is 5.88. The van der Waals surface area contributed by atoms with Crippen molar-refractivity contribution in [3.63, 3.8) is 0 Å². The Kier molecular flexibility index (Phi) is 4.95. The molecule has 4 nitrogen and oxygen atoms in total. The summed E-state index contributed by atoms with van der Waals surface area (Å²) < 4.78 is 39.7. The number of alkyl halides is 3. The Hall–Kier alpha value is -3.74. The molecule has 1 heterocycles. The molecular formula is C23H16F3N3O. The average Bonchev–Trinajstić information content (AvgIpc) is 2.74. The van der Waals surface area contributed by atoms with Crippen LogP contribution >= 0.6 is 0 Å². The molecule has 30 heavy (non-hydrogen) atoms. The molecule has 0 spiro atoms. The molecule has 1 aromatic heterocycles. The van der Waals surface area contributed by atoms with E-state index in [0.717, 1.165) is 17.2 Å². The summed E-state index contributed by atoms with van der Waals surface area (Å²) in [5.41, 5.74) is 1.40. The van der Waals surface area contributed by atoms with Gasteiger partial charge in [-0.05, 0) is 42.3 Å².